The molecular formula is C8H9N2O3P. The predicted octanol–water partition coefficient (Wildman–Crippen LogP) is 1.21. The second-order valence-corrected chi connectivity index (χ2v) is 4.44. The molecule has 14 heavy (non-hydrogen) atoms. The molecule has 5 nitrogen and oxygen atoms in total. The molecule has 0 saturated carbocycles. The smallest absolute Gasteiger partial charge is 0.344 e. The zero-order chi connectivity index (χ0) is 10.6. The summed E-state index contributed by atoms with van der Waals surface area (Å²) in [6, 6.07) is 8.17. The summed E-state index contributed by atoms with van der Waals surface area (Å²) in [4.78, 5) is 20.6. The molecule has 0 fully saturated rings. The Hall–Kier alpha value is -1.25. The molecule has 0 aromatic heterocycles. The third-order valence-corrected chi connectivity index (χ3v) is 2.87. The highest BCUT2D eigenvalue weighted by molar-refractivity contribution is 7.53. The van der Waals surface area contributed by atoms with Crippen LogP contribution in [0.15, 0.2) is 30.3 Å². The van der Waals surface area contributed by atoms with Gasteiger partial charge in [0, 0.05) is 0 Å². The number of benzene rings is 1. The number of hydrogen-bond acceptors (Lipinski definition) is 1. The maximum Gasteiger partial charge on any atom is 0.344 e. The Morgan fingerprint density at radius 2 is 1.93 bits per heavy atom. The van der Waals surface area contributed by atoms with Crippen LogP contribution >= 0.6 is 7.60 Å². The molecule has 0 spiro atoms. The van der Waals surface area contributed by atoms with Crippen LogP contribution in [-0.4, -0.2) is 20.8 Å². The first-order valence-corrected chi connectivity index (χ1v) is 5.51. The first kappa shape index (κ1) is 10.8. The minimum absolute atomic E-state index is 0.415. The van der Waals surface area contributed by atoms with E-state index in [-0.39, 0.29) is 0 Å². The van der Waals surface area contributed by atoms with E-state index in [0.717, 1.165) is 6.21 Å². The highest BCUT2D eigenvalue weighted by Crippen LogP contribution is 2.50. The highest BCUT2D eigenvalue weighted by Gasteiger charge is 2.32. The van der Waals surface area contributed by atoms with E-state index in [1.165, 1.54) is 0 Å². The average molecular weight is 212 g/mol. The van der Waals surface area contributed by atoms with Gasteiger partial charge in [-0.15, -0.1) is 0 Å². The Morgan fingerprint density at radius 3 is 2.36 bits per heavy atom. The molecule has 1 unspecified atom stereocenters. The quantitative estimate of drug-likeness (QED) is 0.341. The molecule has 0 heterocycles. The van der Waals surface area contributed by atoms with Crippen LogP contribution in [0.3, 0.4) is 0 Å². The van der Waals surface area contributed by atoms with Crippen molar-refractivity contribution in [2.75, 3.05) is 0 Å². The summed E-state index contributed by atoms with van der Waals surface area (Å²) in [6.07, 6.45) is 0.829. The largest absolute Gasteiger partial charge is 0.362 e. The van der Waals surface area contributed by atoms with Gasteiger partial charge in [-0.2, -0.15) is 4.79 Å². The Kier molecular flexibility index (Phi) is 3.33. The van der Waals surface area contributed by atoms with Gasteiger partial charge in [0.2, 0.25) is 0 Å². The van der Waals surface area contributed by atoms with Gasteiger partial charge in [0.15, 0.2) is 5.66 Å². The summed E-state index contributed by atoms with van der Waals surface area (Å²) in [5.74, 6) is 0. The van der Waals surface area contributed by atoms with Gasteiger partial charge in [-0.3, -0.25) is 4.57 Å². The Balaban J connectivity index is 3.14. The fourth-order valence-corrected chi connectivity index (χ4v) is 1.87. The van der Waals surface area contributed by atoms with Crippen LogP contribution < -0.4 is 0 Å². The molecule has 1 rings (SSSR count). The maximum absolute atomic E-state index is 11.0. The molecule has 0 aliphatic carbocycles. The van der Waals surface area contributed by atoms with Crippen molar-refractivity contribution in [2.24, 2.45) is 0 Å². The van der Waals surface area contributed by atoms with Crippen LogP contribution in [0.1, 0.15) is 11.2 Å². The van der Waals surface area contributed by atoms with E-state index in [9.17, 15) is 4.57 Å². The molecule has 6 heteroatoms. The van der Waals surface area contributed by atoms with Gasteiger partial charge in [-0.1, -0.05) is 30.3 Å². The maximum atomic E-state index is 11.0. The standard InChI is InChI=1S/C8H9N2O3P/c9-10-6-8(14(11,12)13)7-4-2-1-3-5-7/h1-6,8H,(H2,11,12,13). The summed E-state index contributed by atoms with van der Waals surface area (Å²) in [5.41, 5.74) is 7.52. The molecule has 74 valence electrons. The second kappa shape index (κ2) is 4.31. The fraction of sp³-hybridized carbons (Fsp3) is 0.125. The topological polar surface area (TPSA) is 93.9 Å². The number of rotatable bonds is 3. The van der Waals surface area contributed by atoms with Gasteiger partial charge < -0.3 is 15.3 Å². The van der Waals surface area contributed by atoms with E-state index < -0.39 is 13.3 Å². The SMILES string of the molecule is [N-]=[N+]=CC(c1ccccc1)P(=O)(O)O. The molecule has 0 radical (unpaired) electrons. The predicted molar refractivity (Wildman–Crippen MR) is 50.9 cm³/mol. The van der Waals surface area contributed by atoms with Gasteiger partial charge >= 0.3 is 7.60 Å². The van der Waals surface area contributed by atoms with Crippen molar-refractivity contribution in [1.29, 1.82) is 0 Å². The minimum Gasteiger partial charge on any atom is -0.362 e. The summed E-state index contributed by atoms with van der Waals surface area (Å²) < 4.78 is 11.0. The van der Waals surface area contributed by atoms with Crippen LogP contribution in [-0.2, 0) is 4.57 Å². The van der Waals surface area contributed by atoms with Crippen molar-refractivity contribution in [3.8, 4) is 0 Å². The molecule has 0 amide bonds. The molecule has 0 aliphatic rings. The zero-order valence-electron chi connectivity index (χ0n) is 7.19. The summed E-state index contributed by atoms with van der Waals surface area (Å²) in [7, 11) is -4.32. The van der Waals surface area contributed by atoms with E-state index in [4.69, 9.17) is 15.3 Å². The van der Waals surface area contributed by atoms with Crippen LogP contribution in [0.4, 0.5) is 0 Å². The van der Waals surface area contributed by atoms with E-state index in [1.807, 2.05) is 0 Å². The minimum atomic E-state index is -4.32. The molecular weight excluding hydrogens is 203 g/mol. The number of nitrogens with zero attached hydrogens (tertiary/aromatic N) is 2. The van der Waals surface area contributed by atoms with E-state index in [2.05, 4.69) is 4.79 Å². The van der Waals surface area contributed by atoms with Crippen LogP contribution in [0.25, 0.3) is 5.53 Å². The molecule has 1 atom stereocenters. The van der Waals surface area contributed by atoms with Gasteiger partial charge in [-0.25, -0.2) is 0 Å². The van der Waals surface area contributed by atoms with Crippen LogP contribution in [0, 0.1) is 0 Å². The van der Waals surface area contributed by atoms with Crippen molar-refractivity contribution in [3.63, 3.8) is 0 Å². The van der Waals surface area contributed by atoms with Gasteiger partial charge in [0.25, 0.3) is 6.21 Å². The molecule has 0 bridgehead atoms. The molecule has 2 N–H and O–H groups in total. The third-order valence-electron chi connectivity index (χ3n) is 1.71. The van der Waals surface area contributed by atoms with Crippen molar-refractivity contribution in [3.05, 3.63) is 41.4 Å². The van der Waals surface area contributed by atoms with Crippen LogP contribution in [0.5, 0.6) is 0 Å². The fourth-order valence-electron chi connectivity index (χ4n) is 1.08. The normalized spacial score (nSPS) is 13.0. The molecule has 1 aromatic rings. The summed E-state index contributed by atoms with van der Waals surface area (Å²) in [5, 5.41) is 0. The molecule has 0 saturated heterocycles. The van der Waals surface area contributed by atoms with Gasteiger partial charge in [0.05, 0.1) is 0 Å². The lowest BCUT2D eigenvalue weighted by molar-refractivity contribution is 0.000747. The Labute approximate surface area is 80.8 Å². The summed E-state index contributed by atoms with van der Waals surface area (Å²) >= 11 is 0. The lowest BCUT2D eigenvalue weighted by Gasteiger charge is -2.09. The lowest BCUT2D eigenvalue weighted by Crippen LogP contribution is -2.01. The van der Waals surface area contributed by atoms with Crippen molar-refractivity contribution in [1.82, 2.24) is 0 Å². The van der Waals surface area contributed by atoms with Gasteiger partial charge in [-0.05, 0) is 5.56 Å². The second-order valence-electron chi connectivity index (χ2n) is 2.71. The first-order chi connectivity index (χ1) is 6.55. The number of hydrogen-bond donors (Lipinski definition) is 2. The monoisotopic (exact) mass is 212 g/mol. The van der Waals surface area contributed by atoms with E-state index >= 15 is 0 Å². The van der Waals surface area contributed by atoms with E-state index in [0.29, 0.717) is 5.56 Å². The van der Waals surface area contributed by atoms with Crippen LogP contribution in [0.2, 0.25) is 0 Å². The van der Waals surface area contributed by atoms with Crippen molar-refractivity contribution < 1.29 is 19.1 Å². The molecule has 0 aliphatic heterocycles. The summed E-state index contributed by atoms with van der Waals surface area (Å²) in [6.45, 7) is 0. The zero-order valence-corrected chi connectivity index (χ0v) is 8.08. The first-order valence-electron chi connectivity index (χ1n) is 3.83. The van der Waals surface area contributed by atoms with Gasteiger partial charge in [0.1, 0.15) is 0 Å². The molecule has 1 aromatic carbocycles. The van der Waals surface area contributed by atoms with Crippen molar-refractivity contribution >= 4 is 13.8 Å². The Bertz CT molecular complexity index is 394. The Morgan fingerprint density at radius 1 is 1.36 bits per heavy atom. The third kappa shape index (κ3) is 2.62. The lowest BCUT2D eigenvalue weighted by atomic mass is 10.2. The van der Waals surface area contributed by atoms with Crippen molar-refractivity contribution in [2.45, 2.75) is 5.66 Å². The highest BCUT2D eigenvalue weighted by atomic mass is 31.2. The average Bonchev–Trinajstić information content (AvgIpc) is 2.14. The van der Waals surface area contributed by atoms with E-state index in [1.54, 1.807) is 30.3 Å².